The van der Waals surface area contributed by atoms with Gasteiger partial charge < -0.3 is 0 Å². The first-order valence-electron chi connectivity index (χ1n) is 4.82. The maximum absolute atomic E-state index is 11.8. The summed E-state index contributed by atoms with van der Waals surface area (Å²) >= 11 is 6.83. The van der Waals surface area contributed by atoms with Crippen molar-refractivity contribution in [1.29, 1.82) is 0 Å². The minimum atomic E-state index is -0.303. The first-order valence-corrected chi connectivity index (χ1v) is 5.97. The summed E-state index contributed by atoms with van der Waals surface area (Å²) in [5.74, 6) is -0.303. The molecule has 0 aliphatic heterocycles. The Bertz CT molecular complexity index is 530. The summed E-state index contributed by atoms with van der Waals surface area (Å²) in [6.45, 7) is 1.94. The van der Waals surface area contributed by atoms with Gasteiger partial charge in [0.2, 0.25) is 5.13 Å². The largest absolute Gasteiger partial charge is 0.295 e. The Kier molecular flexibility index (Phi) is 3.60. The molecule has 0 saturated heterocycles. The van der Waals surface area contributed by atoms with Crippen LogP contribution in [0.5, 0.6) is 0 Å². The summed E-state index contributed by atoms with van der Waals surface area (Å²) < 4.78 is 3.55. The van der Waals surface area contributed by atoms with Crippen molar-refractivity contribution in [2.24, 2.45) is 0 Å². The number of hydrogen-bond donors (Lipinski definition) is 1. The van der Waals surface area contributed by atoms with E-state index in [9.17, 15) is 4.79 Å². The molecule has 0 aliphatic rings. The van der Waals surface area contributed by atoms with Gasteiger partial charge in [0.15, 0.2) is 0 Å². The van der Waals surface area contributed by atoms with E-state index < -0.39 is 0 Å². The van der Waals surface area contributed by atoms with E-state index in [0.29, 0.717) is 22.3 Å². The standard InChI is InChI=1S/C9H8ClN5OS/c1-2-6-3-5(4-7(10)11-6)8(16)12-9-13-14-15-17-9/h3-4H,2H2,1H3,(H,12,13,15,16). The van der Waals surface area contributed by atoms with Crippen LogP contribution < -0.4 is 5.32 Å². The van der Waals surface area contributed by atoms with Crippen molar-refractivity contribution < 1.29 is 4.79 Å². The van der Waals surface area contributed by atoms with Crippen LogP contribution in [0.25, 0.3) is 0 Å². The Morgan fingerprint density at radius 2 is 2.35 bits per heavy atom. The number of carbonyl (C=O) groups is 1. The van der Waals surface area contributed by atoms with Gasteiger partial charge in [0.1, 0.15) is 5.15 Å². The summed E-state index contributed by atoms with van der Waals surface area (Å²) in [6, 6.07) is 3.19. The lowest BCUT2D eigenvalue weighted by atomic mass is 10.2. The van der Waals surface area contributed by atoms with E-state index in [1.54, 1.807) is 6.07 Å². The van der Waals surface area contributed by atoms with Crippen molar-refractivity contribution in [3.05, 3.63) is 28.5 Å². The lowest BCUT2D eigenvalue weighted by molar-refractivity contribution is 0.102. The Balaban J connectivity index is 2.21. The minimum Gasteiger partial charge on any atom is -0.295 e. The van der Waals surface area contributed by atoms with E-state index in [4.69, 9.17) is 11.6 Å². The zero-order chi connectivity index (χ0) is 12.3. The summed E-state index contributed by atoms with van der Waals surface area (Å²) in [6.07, 6.45) is 0.710. The van der Waals surface area contributed by atoms with Crippen LogP contribution in [0.1, 0.15) is 23.0 Å². The molecule has 0 radical (unpaired) electrons. The van der Waals surface area contributed by atoms with Gasteiger partial charge >= 0.3 is 0 Å². The van der Waals surface area contributed by atoms with E-state index in [2.05, 4.69) is 25.1 Å². The monoisotopic (exact) mass is 269 g/mol. The average Bonchev–Trinajstić information content (AvgIpc) is 2.81. The summed E-state index contributed by atoms with van der Waals surface area (Å²) in [5, 5.41) is 10.2. The fraction of sp³-hybridized carbons (Fsp3) is 0.222. The van der Waals surface area contributed by atoms with Crippen LogP contribution in [0.3, 0.4) is 0 Å². The van der Waals surface area contributed by atoms with Crippen LogP contribution in [0.4, 0.5) is 5.13 Å². The topological polar surface area (TPSA) is 80.7 Å². The normalized spacial score (nSPS) is 10.2. The molecule has 1 N–H and O–H groups in total. The first-order chi connectivity index (χ1) is 8.19. The molecule has 0 aliphatic carbocycles. The molecule has 0 unspecified atom stereocenters. The number of rotatable bonds is 3. The number of anilines is 1. The maximum Gasteiger partial charge on any atom is 0.257 e. The molecule has 2 aromatic rings. The Morgan fingerprint density at radius 3 is 3.00 bits per heavy atom. The number of hydrogen-bond acceptors (Lipinski definition) is 6. The molecule has 1 amide bonds. The molecular weight excluding hydrogens is 262 g/mol. The second kappa shape index (κ2) is 5.15. The second-order valence-electron chi connectivity index (χ2n) is 3.15. The third-order valence-electron chi connectivity index (χ3n) is 1.99. The van der Waals surface area contributed by atoms with E-state index in [0.717, 1.165) is 17.2 Å². The number of aromatic nitrogens is 4. The first kappa shape index (κ1) is 11.9. The van der Waals surface area contributed by atoms with Crippen molar-refractivity contribution in [3.63, 3.8) is 0 Å². The third kappa shape index (κ3) is 2.95. The average molecular weight is 270 g/mol. The van der Waals surface area contributed by atoms with E-state index in [1.165, 1.54) is 6.07 Å². The lowest BCUT2D eigenvalue weighted by Gasteiger charge is -2.03. The SMILES string of the molecule is CCc1cc(C(=O)Nc2nnns2)cc(Cl)n1. The molecule has 8 heteroatoms. The van der Waals surface area contributed by atoms with Gasteiger partial charge in [0.05, 0.1) is 0 Å². The molecule has 2 aromatic heterocycles. The van der Waals surface area contributed by atoms with Crippen LogP contribution in [0.2, 0.25) is 5.15 Å². The summed E-state index contributed by atoms with van der Waals surface area (Å²) in [7, 11) is 0. The Labute approximate surface area is 106 Å². The number of aryl methyl sites for hydroxylation is 1. The van der Waals surface area contributed by atoms with Gasteiger partial charge in [0, 0.05) is 22.8 Å². The molecule has 2 heterocycles. The second-order valence-corrected chi connectivity index (χ2v) is 4.26. The maximum atomic E-state index is 11.8. The third-order valence-corrected chi connectivity index (χ3v) is 2.70. The quantitative estimate of drug-likeness (QED) is 0.860. The minimum absolute atomic E-state index is 0.296. The number of carbonyl (C=O) groups excluding carboxylic acids is 1. The fourth-order valence-corrected chi connectivity index (χ4v) is 1.80. The van der Waals surface area contributed by atoms with E-state index >= 15 is 0 Å². The lowest BCUT2D eigenvalue weighted by Crippen LogP contribution is -2.12. The van der Waals surface area contributed by atoms with Gasteiger partial charge in [0.25, 0.3) is 5.91 Å². The van der Waals surface area contributed by atoms with E-state index in [1.807, 2.05) is 6.92 Å². The van der Waals surface area contributed by atoms with Crippen molar-refractivity contribution in [2.45, 2.75) is 13.3 Å². The molecular formula is C9H8ClN5OS. The number of nitrogens with zero attached hydrogens (tertiary/aromatic N) is 4. The number of amides is 1. The highest BCUT2D eigenvalue weighted by molar-refractivity contribution is 7.09. The Hall–Kier alpha value is -1.60. The molecule has 0 saturated carbocycles. The van der Waals surface area contributed by atoms with E-state index in [-0.39, 0.29) is 5.91 Å². The molecule has 2 rings (SSSR count). The summed E-state index contributed by atoms with van der Waals surface area (Å²) in [5.41, 5.74) is 1.20. The molecule has 0 atom stereocenters. The van der Waals surface area contributed by atoms with Gasteiger partial charge in [-0.2, -0.15) is 0 Å². The fourth-order valence-electron chi connectivity index (χ4n) is 1.21. The highest BCUT2D eigenvalue weighted by Crippen LogP contribution is 2.14. The van der Waals surface area contributed by atoms with Crippen LogP contribution in [-0.4, -0.2) is 25.7 Å². The van der Waals surface area contributed by atoms with Gasteiger partial charge in [-0.1, -0.05) is 28.1 Å². The van der Waals surface area contributed by atoms with Crippen molar-refractivity contribution in [2.75, 3.05) is 5.32 Å². The molecule has 0 spiro atoms. The van der Waals surface area contributed by atoms with Gasteiger partial charge in [-0.3, -0.25) is 10.1 Å². The van der Waals surface area contributed by atoms with Gasteiger partial charge in [-0.25, -0.2) is 4.98 Å². The molecule has 0 aromatic carbocycles. The molecule has 0 fully saturated rings. The zero-order valence-corrected chi connectivity index (χ0v) is 10.4. The molecule has 88 valence electrons. The highest BCUT2D eigenvalue weighted by Gasteiger charge is 2.10. The number of nitrogens with one attached hydrogen (secondary N) is 1. The highest BCUT2D eigenvalue weighted by atomic mass is 35.5. The smallest absolute Gasteiger partial charge is 0.257 e. The van der Waals surface area contributed by atoms with Gasteiger partial charge in [-0.05, 0) is 23.8 Å². The van der Waals surface area contributed by atoms with Crippen molar-refractivity contribution in [1.82, 2.24) is 19.8 Å². The predicted molar refractivity (Wildman–Crippen MR) is 64.3 cm³/mol. The van der Waals surface area contributed by atoms with Crippen LogP contribution >= 0.6 is 23.1 Å². The number of halogens is 1. The van der Waals surface area contributed by atoms with Crippen LogP contribution in [0.15, 0.2) is 12.1 Å². The zero-order valence-electron chi connectivity index (χ0n) is 8.85. The number of pyridine rings is 1. The van der Waals surface area contributed by atoms with Crippen LogP contribution in [-0.2, 0) is 6.42 Å². The summed E-state index contributed by atoms with van der Waals surface area (Å²) in [4.78, 5) is 15.9. The molecule has 6 nitrogen and oxygen atoms in total. The van der Waals surface area contributed by atoms with Crippen molar-refractivity contribution >= 4 is 34.2 Å². The van der Waals surface area contributed by atoms with Crippen molar-refractivity contribution in [3.8, 4) is 0 Å². The predicted octanol–water partition coefficient (Wildman–Crippen LogP) is 1.80. The Morgan fingerprint density at radius 1 is 1.53 bits per heavy atom. The molecule has 17 heavy (non-hydrogen) atoms. The molecule has 0 bridgehead atoms. The van der Waals surface area contributed by atoms with Gasteiger partial charge in [-0.15, -0.1) is 0 Å². The van der Waals surface area contributed by atoms with Crippen LogP contribution in [0, 0.1) is 0 Å².